The Morgan fingerprint density at radius 1 is 1.36 bits per heavy atom. The van der Waals surface area contributed by atoms with Crippen molar-refractivity contribution < 1.29 is 14.2 Å². The molecule has 3 heterocycles. The van der Waals surface area contributed by atoms with Crippen molar-refractivity contribution in [3.8, 4) is 0 Å². The predicted molar refractivity (Wildman–Crippen MR) is 86.1 cm³/mol. The maximum Gasteiger partial charge on any atom is 0.307 e. The van der Waals surface area contributed by atoms with Gasteiger partial charge in [-0.1, -0.05) is 5.16 Å². The number of aromatic nitrogens is 5. The van der Waals surface area contributed by atoms with Crippen LogP contribution >= 0.6 is 0 Å². The number of carbonyl (C=O) groups is 1. The van der Waals surface area contributed by atoms with Crippen molar-refractivity contribution in [1.29, 1.82) is 0 Å². The van der Waals surface area contributed by atoms with Crippen LogP contribution in [-0.2, 0) is 11.8 Å². The minimum Gasteiger partial charge on any atom is -0.360 e. The highest BCUT2D eigenvalue weighted by atomic mass is 16.6. The van der Waals surface area contributed by atoms with E-state index in [9.17, 15) is 14.9 Å². The number of carbonyl (C=O) groups excluding carboxylic acids is 1. The van der Waals surface area contributed by atoms with Gasteiger partial charge in [-0.25, -0.2) is 4.68 Å². The Bertz CT molecular complexity index is 965. The van der Waals surface area contributed by atoms with Crippen molar-refractivity contribution in [1.82, 2.24) is 24.7 Å². The highest BCUT2D eigenvalue weighted by Crippen LogP contribution is 2.17. The van der Waals surface area contributed by atoms with Crippen molar-refractivity contribution in [2.45, 2.75) is 6.92 Å². The van der Waals surface area contributed by atoms with Gasteiger partial charge in [-0.2, -0.15) is 10.2 Å². The van der Waals surface area contributed by atoms with E-state index in [0.717, 1.165) is 17.1 Å². The summed E-state index contributed by atoms with van der Waals surface area (Å²) in [7, 11) is 1.73. The van der Waals surface area contributed by atoms with Gasteiger partial charge >= 0.3 is 5.69 Å². The Balaban J connectivity index is 1.97. The third-order valence-corrected chi connectivity index (χ3v) is 3.16. The van der Waals surface area contributed by atoms with Crippen LogP contribution in [0.4, 0.5) is 11.5 Å². The van der Waals surface area contributed by atoms with E-state index in [1.165, 1.54) is 6.08 Å². The summed E-state index contributed by atoms with van der Waals surface area (Å²) >= 11 is 0. The Hall–Kier alpha value is -3.76. The molecule has 3 aromatic rings. The summed E-state index contributed by atoms with van der Waals surface area (Å²) in [4.78, 5) is 22.9. The maximum absolute atomic E-state index is 12.6. The third kappa shape index (κ3) is 3.60. The number of anilines is 1. The van der Waals surface area contributed by atoms with E-state index in [1.54, 1.807) is 37.1 Å². The molecule has 11 heteroatoms. The predicted octanol–water partition coefficient (Wildman–Crippen LogP) is 1.46. The van der Waals surface area contributed by atoms with Crippen molar-refractivity contribution in [2.75, 3.05) is 5.32 Å². The molecule has 0 saturated heterocycles. The SMILES string of the molecule is Cc1cc(NC(=O)/C(=C/c2cnn(C)c2)n2cc([N+](=O)[O-])cn2)no1. The van der Waals surface area contributed by atoms with Crippen LogP contribution in [0.25, 0.3) is 11.8 Å². The van der Waals surface area contributed by atoms with Crippen LogP contribution in [0.3, 0.4) is 0 Å². The van der Waals surface area contributed by atoms with Crippen LogP contribution in [0.1, 0.15) is 11.3 Å². The zero-order chi connectivity index (χ0) is 18.0. The van der Waals surface area contributed by atoms with E-state index in [0.29, 0.717) is 11.3 Å². The molecule has 0 fully saturated rings. The molecule has 3 rings (SSSR count). The monoisotopic (exact) mass is 343 g/mol. The zero-order valence-electron chi connectivity index (χ0n) is 13.3. The molecule has 0 aliphatic rings. The molecule has 1 amide bonds. The molecule has 11 nitrogen and oxygen atoms in total. The number of aryl methyl sites for hydroxylation is 2. The molecule has 0 aliphatic carbocycles. The van der Waals surface area contributed by atoms with Gasteiger partial charge in [0.05, 0.1) is 11.1 Å². The second-order valence-corrected chi connectivity index (χ2v) is 5.15. The number of hydrogen-bond acceptors (Lipinski definition) is 7. The number of nitro groups is 1. The van der Waals surface area contributed by atoms with E-state index < -0.39 is 10.8 Å². The van der Waals surface area contributed by atoms with Crippen LogP contribution in [0, 0.1) is 17.0 Å². The lowest BCUT2D eigenvalue weighted by Gasteiger charge is -2.06. The number of nitrogens with zero attached hydrogens (tertiary/aromatic N) is 6. The van der Waals surface area contributed by atoms with Gasteiger partial charge in [-0.3, -0.25) is 19.6 Å². The standard InChI is InChI=1S/C14H13N7O4/c1-9-3-13(18-25-9)17-14(22)12(4-10-5-15-19(2)7-10)20-8-11(6-16-20)21(23)24/h3-8H,1-2H3,(H,17,18,22)/b12-4-. The minimum atomic E-state index is -0.593. The van der Waals surface area contributed by atoms with Gasteiger partial charge in [0.2, 0.25) is 0 Å². The smallest absolute Gasteiger partial charge is 0.307 e. The largest absolute Gasteiger partial charge is 0.360 e. The van der Waals surface area contributed by atoms with E-state index in [1.807, 2.05) is 0 Å². The topological polar surface area (TPSA) is 134 Å². The highest BCUT2D eigenvalue weighted by molar-refractivity contribution is 6.23. The summed E-state index contributed by atoms with van der Waals surface area (Å²) in [6.07, 6.45) is 6.95. The van der Waals surface area contributed by atoms with Crippen LogP contribution in [0.15, 0.2) is 35.4 Å². The second-order valence-electron chi connectivity index (χ2n) is 5.15. The fourth-order valence-corrected chi connectivity index (χ4v) is 2.05. The molecule has 0 unspecified atom stereocenters. The maximum atomic E-state index is 12.6. The first-order valence-electron chi connectivity index (χ1n) is 7.07. The minimum absolute atomic E-state index is 0.0572. The number of amides is 1. The Labute approximate surface area is 140 Å². The Kier molecular flexibility index (Phi) is 4.12. The van der Waals surface area contributed by atoms with Crippen LogP contribution in [0.5, 0.6) is 0 Å². The van der Waals surface area contributed by atoms with Crippen LogP contribution < -0.4 is 5.32 Å². The fraction of sp³-hybridized carbons (Fsp3) is 0.143. The average Bonchev–Trinajstić information content (AvgIpc) is 3.26. The van der Waals surface area contributed by atoms with Gasteiger partial charge < -0.3 is 9.84 Å². The van der Waals surface area contributed by atoms with Crippen LogP contribution in [-0.4, -0.2) is 35.5 Å². The van der Waals surface area contributed by atoms with E-state index >= 15 is 0 Å². The normalized spacial score (nSPS) is 11.5. The van der Waals surface area contributed by atoms with E-state index in [-0.39, 0.29) is 17.2 Å². The summed E-state index contributed by atoms with van der Waals surface area (Å²) in [6, 6.07) is 1.55. The molecular formula is C14H13N7O4. The summed E-state index contributed by atoms with van der Waals surface area (Å²) in [5.41, 5.74) is 0.450. The zero-order valence-corrected chi connectivity index (χ0v) is 13.3. The summed E-state index contributed by atoms with van der Waals surface area (Å²) in [5, 5.41) is 25.0. The van der Waals surface area contributed by atoms with Crippen LogP contribution in [0.2, 0.25) is 0 Å². The summed E-state index contributed by atoms with van der Waals surface area (Å²) in [5.74, 6) is 0.194. The first-order valence-corrected chi connectivity index (χ1v) is 7.07. The van der Waals surface area contributed by atoms with E-state index in [2.05, 4.69) is 20.7 Å². The molecule has 0 saturated carbocycles. The number of rotatable bonds is 5. The lowest BCUT2D eigenvalue weighted by atomic mass is 10.2. The molecule has 0 aliphatic heterocycles. The number of hydrogen-bond donors (Lipinski definition) is 1. The third-order valence-electron chi connectivity index (χ3n) is 3.16. The average molecular weight is 343 g/mol. The van der Waals surface area contributed by atoms with Crippen molar-refractivity contribution in [2.24, 2.45) is 7.05 Å². The molecule has 0 atom stereocenters. The molecule has 128 valence electrons. The van der Waals surface area contributed by atoms with Gasteiger partial charge in [0, 0.05) is 24.9 Å². The summed E-state index contributed by atoms with van der Waals surface area (Å²) in [6.45, 7) is 1.69. The molecule has 0 aromatic carbocycles. The van der Waals surface area contributed by atoms with Crippen molar-refractivity contribution in [3.05, 3.63) is 52.3 Å². The van der Waals surface area contributed by atoms with Gasteiger partial charge in [-0.15, -0.1) is 0 Å². The second kappa shape index (κ2) is 6.39. The highest BCUT2D eigenvalue weighted by Gasteiger charge is 2.18. The Morgan fingerprint density at radius 3 is 2.72 bits per heavy atom. The molecule has 3 aromatic heterocycles. The lowest BCUT2D eigenvalue weighted by molar-refractivity contribution is -0.384. The molecule has 0 bridgehead atoms. The van der Waals surface area contributed by atoms with Crippen molar-refractivity contribution in [3.63, 3.8) is 0 Å². The Morgan fingerprint density at radius 2 is 2.16 bits per heavy atom. The molecule has 1 N–H and O–H groups in total. The van der Waals surface area contributed by atoms with Gasteiger partial charge in [0.1, 0.15) is 23.9 Å². The van der Waals surface area contributed by atoms with Gasteiger partial charge in [-0.05, 0) is 13.0 Å². The summed E-state index contributed by atoms with van der Waals surface area (Å²) < 4.78 is 7.58. The first kappa shape index (κ1) is 16.1. The van der Waals surface area contributed by atoms with Gasteiger partial charge in [0.25, 0.3) is 5.91 Å². The molecule has 0 spiro atoms. The molecular weight excluding hydrogens is 330 g/mol. The van der Waals surface area contributed by atoms with E-state index in [4.69, 9.17) is 4.52 Å². The molecule has 25 heavy (non-hydrogen) atoms. The number of nitrogens with one attached hydrogen (secondary N) is 1. The quantitative estimate of drug-likeness (QED) is 0.421. The first-order chi connectivity index (χ1) is 11.9. The van der Waals surface area contributed by atoms with Gasteiger partial charge in [0.15, 0.2) is 5.82 Å². The fourth-order valence-electron chi connectivity index (χ4n) is 2.05. The van der Waals surface area contributed by atoms with Crippen molar-refractivity contribution >= 4 is 29.2 Å². The molecule has 0 radical (unpaired) electrons. The lowest BCUT2D eigenvalue weighted by Crippen LogP contribution is -2.18.